The van der Waals surface area contributed by atoms with Crippen molar-refractivity contribution in [2.75, 3.05) is 26.3 Å². The van der Waals surface area contributed by atoms with Crippen molar-refractivity contribution in [2.24, 2.45) is 17.8 Å². The monoisotopic (exact) mass is 492 g/mol. The summed E-state index contributed by atoms with van der Waals surface area (Å²) in [5.74, 6) is -1.86. The van der Waals surface area contributed by atoms with Gasteiger partial charge in [-0.15, -0.1) is 24.9 Å². The number of fused-ring (bicyclic) bond motifs is 1. The lowest BCUT2D eigenvalue weighted by molar-refractivity contribution is -0.154. The van der Waals surface area contributed by atoms with Gasteiger partial charge in [0, 0.05) is 18.3 Å². The molecule has 0 aromatic carbocycles. The summed E-state index contributed by atoms with van der Waals surface area (Å²) in [5.41, 5.74) is 0. The number of ether oxygens (including phenoxy) is 1. The van der Waals surface area contributed by atoms with Gasteiger partial charge in [-0.2, -0.15) is 0 Å². The highest BCUT2D eigenvalue weighted by Crippen LogP contribution is 2.67. The van der Waals surface area contributed by atoms with Crippen LogP contribution in [0, 0.1) is 17.8 Å². The molecular weight excluding hydrogens is 452 g/mol. The van der Waals surface area contributed by atoms with Crippen molar-refractivity contribution in [3.8, 4) is 0 Å². The molecule has 190 valence electrons. The molecule has 2 amide bonds. The summed E-state index contributed by atoms with van der Waals surface area (Å²) in [6.07, 6.45) is 7.25. The largest absolute Gasteiger partial charge is 0.465 e. The molecule has 3 aliphatic rings. The molecule has 3 rings (SSSR count). The number of nitrogens with zero attached hydrogens (tertiary/aromatic N) is 2. The minimum absolute atomic E-state index is 0.0299. The lowest BCUT2D eigenvalue weighted by Crippen LogP contribution is -2.58. The molecule has 0 saturated carbocycles. The fraction of sp³-hybridized carbons (Fsp3) is 0.731. The zero-order chi connectivity index (χ0) is 25.0. The van der Waals surface area contributed by atoms with Crippen LogP contribution in [0.25, 0.3) is 0 Å². The average Bonchev–Trinajstić information content (AvgIpc) is 3.44. The Morgan fingerprint density at radius 3 is 2.68 bits per heavy atom. The number of likely N-dealkylation sites (tertiary alicyclic amines) is 1. The second kappa shape index (κ2) is 11.3. The number of aliphatic hydroxyl groups is 1. The molecule has 0 radical (unpaired) electrons. The number of hydrogen-bond acceptors (Lipinski definition) is 6. The van der Waals surface area contributed by atoms with Crippen LogP contribution in [0.3, 0.4) is 0 Å². The number of amides is 2. The summed E-state index contributed by atoms with van der Waals surface area (Å²) in [6, 6.07) is -1.20. The molecule has 34 heavy (non-hydrogen) atoms. The van der Waals surface area contributed by atoms with Crippen LogP contribution < -0.4 is 0 Å². The fourth-order valence-electron chi connectivity index (χ4n) is 5.92. The third kappa shape index (κ3) is 4.55. The van der Waals surface area contributed by atoms with E-state index < -0.39 is 28.7 Å². The molecule has 3 heterocycles. The van der Waals surface area contributed by atoms with Gasteiger partial charge >= 0.3 is 5.97 Å². The first-order chi connectivity index (χ1) is 16.3. The van der Waals surface area contributed by atoms with Crippen molar-refractivity contribution in [1.82, 2.24) is 9.80 Å². The number of thioether (sulfide) groups is 1. The first-order valence-electron chi connectivity index (χ1n) is 12.6. The maximum absolute atomic E-state index is 14.1. The number of carbonyl (C=O) groups excluding carboxylic acids is 3. The van der Waals surface area contributed by atoms with Crippen LogP contribution in [0.5, 0.6) is 0 Å². The van der Waals surface area contributed by atoms with Crippen molar-refractivity contribution in [2.45, 2.75) is 75.0 Å². The Hall–Kier alpha value is -1.80. The van der Waals surface area contributed by atoms with Crippen LogP contribution in [0.15, 0.2) is 25.3 Å². The van der Waals surface area contributed by atoms with Gasteiger partial charge < -0.3 is 19.6 Å². The summed E-state index contributed by atoms with van der Waals surface area (Å²) in [6.45, 7) is 14.5. The predicted octanol–water partition coefficient (Wildman–Crippen LogP) is 3.03. The number of rotatable bonds is 13. The van der Waals surface area contributed by atoms with E-state index >= 15 is 0 Å². The zero-order valence-electron chi connectivity index (χ0n) is 20.8. The maximum atomic E-state index is 14.1. The second-order valence-corrected chi connectivity index (χ2v) is 11.6. The number of aliphatic hydroxyl groups excluding tert-OH is 1. The van der Waals surface area contributed by atoms with E-state index in [2.05, 4.69) is 20.1 Å². The van der Waals surface area contributed by atoms with Crippen LogP contribution >= 0.6 is 11.8 Å². The van der Waals surface area contributed by atoms with E-state index in [9.17, 15) is 19.5 Å². The highest BCUT2D eigenvalue weighted by atomic mass is 32.2. The Kier molecular flexibility index (Phi) is 8.90. The van der Waals surface area contributed by atoms with Crippen LogP contribution in [0.2, 0.25) is 0 Å². The highest BCUT2D eigenvalue weighted by Gasteiger charge is 2.74. The van der Waals surface area contributed by atoms with E-state index in [0.29, 0.717) is 25.9 Å². The molecule has 0 aromatic rings. The Labute approximate surface area is 208 Å². The summed E-state index contributed by atoms with van der Waals surface area (Å²) >= 11 is 1.63. The molecule has 0 aliphatic carbocycles. The van der Waals surface area contributed by atoms with E-state index in [-0.39, 0.29) is 42.2 Å². The van der Waals surface area contributed by atoms with Gasteiger partial charge in [-0.25, -0.2) is 0 Å². The highest BCUT2D eigenvalue weighted by molar-refractivity contribution is 8.02. The lowest BCUT2D eigenvalue weighted by Gasteiger charge is -2.40. The molecule has 3 saturated heterocycles. The summed E-state index contributed by atoms with van der Waals surface area (Å²) in [7, 11) is 0. The third-order valence-corrected chi connectivity index (χ3v) is 9.52. The molecule has 8 heteroatoms. The topological polar surface area (TPSA) is 87.2 Å². The van der Waals surface area contributed by atoms with Gasteiger partial charge in [0.2, 0.25) is 11.8 Å². The van der Waals surface area contributed by atoms with Crippen LogP contribution in [0.4, 0.5) is 0 Å². The molecule has 1 spiro atoms. The molecule has 0 aromatic heterocycles. The predicted molar refractivity (Wildman–Crippen MR) is 134 cm³/mol. The summed E-state index contributed by atoms with van der Waals surface area (Å²) < 4.78 is 4.85. The molecule has 6 atom stereocenters. The smallest absolute Gasteiger partial charge is 0.310 e. The van der Waals surface area contributed by atoms with Crippen LogP contribution in [0.1, 0.15) is 52.9 Å². The van der Waals surface area contributed by atoms with Crippen molar-refractivity contribution < 1.29 is 24.2 Å². The van der Waals surface area contributed by atoms with Gasteiger partial charge in [0.05, 0.1) is 35.8 Å². The van der Waals surface area contributed by atoms with Crippen LogP contribution in [-0.4, -0.2) is 81.1 Å². The van der Waals surface area contributed by atoms with Gasteiger partial charge in [-0.05, 0) is 31.6 Å². The number of esters is 1. The van der Waals surface area contributed by atoms with Gasteiger partial charge in [-0.1, -0.05) is 39.3 Å². The Bertz CT molecular complexity index is 802. The SMILES string of the molecule is C=CCCOC(=O)[C@@H]1[C@@H]2CCC3(S2)C(C(=O)N(CC=C)CCCC)N([C@@H](CO)C(C)C)C(=O)[C@H]13. The molecule has 7 nitrogen and oxygen atoms in total. The van der Waals surface area contributed by atoms with E-state index in [0.717, 1.165) is 19.3 Å². The van der Waals surface area contributed by atoms with Crippen molar-refractivity contribution in [3.63, 3.8) is 0 Å². The van der Waals surface area contributed by atoms with Crippen molar-refractivity contribution >= 4 is 29.5 Å². The van der Waals surface area contributed by atoms with Crippen LogP contribution in [-0.2, 0) is 19.1 Å². The first-order valence-corrected chi connectivity index (χ1v) is 13.4. The Balaban J connectivity index is 2.03. The van der Waals surface area contributed by atoms with E-state index in [1.807, 2.05) is 13.8 Å². The fourth-order valence-corrected chi connectivity index (χ4v) is 8.11. The van der Waals surface area contributed by atoms with Gasteiger partial charge in [-0.3, -0.25) is 14.4 Å². The lowest BCUT2D eigenvalue weighted by atomic mass is 9.71. The standard InChI is InChI=1S/C26H40N2O5S/c1-6-9-14-27(13-8-3)24(31)22-26-12-11-19(34-26)20(25(32)33-15-10-7-2)21(26)23(30)28(22)18(16-29)17(4)5/h7-8,17-22,29H,2-3,6,9-16H2,1,4-5H3/t18-,19-,20+,21-,22?,26?/m0/s1. The normalized spacial score (nSPS) is 30.4. The molecular formula is C26H40N2O5S. The molecule has 3 fully saturated rings. The zero-order valence-corrected chi connectivity index (χ0v) is 21.6. The summed E-state index contributed by atoms with van der Waals surface area (Å²) in [4.78, 5) is 44.7. The molecule has 3 aliphatic heterocycles. The number of carbonyl (C=O) groups is 3. The van der Waals surface area contributed by atoms with Crippen molar-refractivity contribution in [1.29, 1.82) is 0 Å². The summed E-state index contributed by atoms with van der Waals surface area (Å²) in [5, 5.41) is 10.2. The van der Waals surface area contributed by atoms with Crippen molar-refractivity contribution in [3.05, 3.63) is 25.3 Å². The Morgan fingerprint density at radius 2 is 2.09 bits per heavy atom. The quantitative estimate of drug-likeness (QED) is 0.242. The molecule has 2 unspecified atom stereocenters. The van der Waals surface area contributed by atoms with Gasteiger partial charge in [0.1, 0.15) is 6.04 Å². The van der Waals surface area contributed by atoms with E-state index in [1.165, 1.54) is 0 Å². The van der Waals surface area contributed by atoms with E-state index in [4.69, 9.17) is 4.74 Å². The second-order valence-electron chi connectivity index (χ2n) is 9.97. The minimum Gasteiger partial charge on any atom is -0.465 e. The van der Waals surface area contributed by atoms with E-state index in [1.54, 1.807) is 33.7 Å². The Morgan fingerprint density at radius 1 is 1.35 bits per heavy atom. The number of unbranched alkanes of at least 4 members (excludes halogenated alkanes) is 1. The average molecular weight is 493 g/mol. The minimum atomic E-state index is -0.706. The first kappa shape index (κ1) is 26.8. The third-order valence-electron chi connectivity index (χ3n) is 7.57. The molecule has 1 N–H and O–H groups in total. The molecule has 2 bridgehead atoms. The van der Waals surface area contributed by atoms with Gasteiger partial charge in [0.15, 0.2) is 0 Å². The maximum Gasteiger partial charge on any atom is 0.310 e. The number of hydrogen-bond donors (Lipinski definition) is 1. The van der Waals surface area contributed by atoms with Gasteiger partial charge in [0.25, 0.3) is 0 Å².